The highest BCUT2D eigenvalue weighted by atomic mass is 32.2. The number of hydrogen-bond donors (Lipinski definition) is 1. The van der Waals surface area contributed by atoms with Crippen LogP contribution >= 0.6 is 11.8 Å². The first kappa shape index (κ1) is 23.2. The first-order valence-electron chi connectivity index (χ1n) is 11.5. The topological polar surface area (TPSA) is 72.3 Å². The number of benzene rings is 2. The molecule has 4 rings (SSSR count). The van der Waals surface area contributed by atoms with Gasteiger partial charge < -0.3 is 19.5 Å². The Labute approximate surface area is 199 Å². The zero-order valence-electron chi connectivity index (χ0n) is 19.3. The number of methoxy groups -OCH3 is 1. The van der Waals surface area contributed by atoms with Crippen molar-refractivity contribution in [2.24, 2.45) is 0 Å². The first-order chi connectivity index (χ1) is 16.2. The molecule has 174 valence electrons. The smallest absolute Gasteiger partial charge is 0.234 e. The molecular formula is C25H31N5O2S. The number of aromatic nitrogens is 3. The SMILES string of the molecule is CCCCn1c(SCC(=O)Nc2ccc(N3CCCC3)cc2)nnc1-c1ccc(OC)cc1. The van der Waals surface area contributed by atoms with Crippen molar-refractivity contribution in [2.75, 3.05) is 36.2 Å². The van der Waals surface area contributed by atoms with Crippen LogP contribution in [0.5, 0.6) is 5.75 Å². The van der Waals surface area contributed by atoms with Crippen LogP contribution in [0.1, 0.15) is 32.6 Å². The Balaban J connectivity index is 1.39. The lowest BCUT2D eigenvalue weighted by Crippen LogP contribution is -2.18. The van der Waals surface area contributed by atoms with Gasteiger partial charge >= 0.3 is 0 Å². The number of thioether (sulfide) groups is 1. The number of nitrogens with one attached hydrogen (secondary N) is 1. The second-order valence-electron chi connectivity index (χ2n) is 8.12. The van der Waals surface area contributed by atoms with Crippen LogP contribution in [0.3, 0.4) is 0 Å². The summed E-state index contributed by atoms with van der Waals surface area (Å²) in [4.78, 5) is 15.0. The molecule has 2 heterocycles. The molecule has 0 atom stereocenters. The van der Waals surface area contributed by atoms with Crippen LogP contribution in [-0.2, 0) is 11.3 Å². The van der Waals surface area contributed by atoms with E-state index >= 15 is 0 Å². The molecule has 1 aliphatic heterocycles. The molecule has 1 N–H and O–H groups in total. The fourth-order valence-electron chi connectivity index (χ4n) is 3.92. The molecule has 33 heavy (non-hydrogen) atoms. The third-order valence-corrected chi connectivity index (χ3v) is 6.72. The molecule has 0 unspecified atom stereocenters. The molecule has 1 fully saturated rings. The van der Waals surface area contributed by atoms with Crippen molar-refractivity contribution < 1.29 is 9.53 Å². The van der Waals surface area contributed by atoms with Gasteiger partial charge in [-0.25, -0.2) is 0 Å². The summed E-state index contributed by atoms with van der Waals surface area (Å²) >= 11 is 1.42. The number of amides is 1. The number of anilines is 2. The standard InChI is InChI=1S/C25H31N5O2S/c1-3-4-17-30-24(19-7-13-22(32-2)14-8-19)27-28-25(30)33-18-23(31)26-20-9-11-21(12-10-20)29-15-5-6-16-29/h7-14H,3-6,15-18H2,1-2H3,(H,26,31). The number of nitrogens with zero attached hydrogens (tertiary/aromatic N) is 4. The molecule has 1 saturated heterocycles. The van der Waals surface area contributed by atoms with Crippen LogP contribution < -0.4 is 15.0 Å². The van der Waals surface area contributed by atoms with E-state index in [4.69, 9.17) is 4.74 Å². The molecule has 3 aromatic rings. The Hall–Kier alpha value is -3.00. The normalized spacial score (nSPS) is 13.3. The average Bonchev–Trinajstić information content (AvgIpc) is 3.52. The average molecular weight is 466 g/mol. The van der Waals surface area contributed by atoms with Crippen LogP contribution in [0, 0.1) is 0 Å². The maximum absolute atomic E-state index is 12.6. The molecule has 2 aromatic carbocycles. The highest BCUT2D eigenvalue weighted by Gasteiger charge is 2.16. The maximum atomic E-state index is 12.6. The molecule has 0 radical (unpaired) electrons. The van der Waals surface area contributed by atoms with Crippen LogP contribution in [0.4, 0.5) is 11.4 Å². The van der Waals surface area contributed by atoms with E-state index in [1.165, 1.54) is 30.3 Å². The number of ether oxygens (including phenoxy) is 1. The van der Waals surface area contributed by atoms with Crippen molar-refractivity contribution in [1.82, 2.24) is 14.8 Å². The van der Waals surface area contributed by atoms with Gasteiger partial charge in [0, 0.05) is 36.6 Å². The summed E-state index contributed by atoms with van der Waals surface area (Å²) in [5, 5.41) is 12.6. The van der Waals surface area contributed by atoms with Gasteiger partial charge in [0.1, 0.15) is 5.75 Å². The maximum Gasteiger partial charge on any atom is 0.234 e. The van der Waals surface area contributed by atoms with Crippen molar-refractivity contribution in [3.05, 3.63) is 48.5 Å². The monoisotopic (exact) mass is 465 g/mol. The van der Waals surface area contributed by atoms with Crippen molar-refractivity contribution in [1.29, 1.82) is 0 Å². The zero-order valence-corrected chi connectivity index (χ0v) is 20.1. The molecule has 1 amide bonds. The number of hydrogen-bond acceptors (Lipinski definition) is 6. The largest absolute Gasteiger partial charge is 0.497 e. The molecule has 0 saturated carbocycles. The highest BCUT2D eigenvalue weighted by Crippen LogP contribution is 2.27. The quantitative estimate of drug-likeness (QED) is 0.421. The lowest BCUT2D eigenvalue weighted by atomic mass is 10.2. The van der Waals surface area contributed by atoms with Gasteiger partial charge in [0.05, 0.1) is 12.9 Å². The Kier molecular flexibility index (Phi) is 7.88. The predicted octanol–water partition coefficient (Wildman–Crippen LogP) is 5.08. The van der Waals surface area contributed by atoms with Crippen molar-refractivity contribution in [3.8, 4) is 17.1 Å². The summed E-state index contributed by atoms with van der Waals surface area (Å²) in [5.41, 5.74) is 3.01. The summed E-state index contributed by atoms with van der Waals surface area (Å²) in [5.74, 6) is 1.84. The van der Waals surface area contributed by atoms with E-state index in [-0.39, 0.29) is 11.7 Å². The van der Waals surface area contributed by atoms with Gasteiger partial charge in [-0.05, 0) is 67.8 Å². The minimum absolute atomic E-state index is 0.0510. The van der Waals surface area contributed by atoms with Gasteiger partial charge in [0.15, 0.2) is 11.0 Å². The number of carbonyl (C=O) groups excluding carboxylic acids is 1. The fourth-order valence-corrected chi connectivity index (χ4v) is 4.69. The molecule has 7 nitrogen and oxygen atoms in total. The van der Waals surface area contributed by atoms with E-state index in [9.17, 15) is 4.79 Å². The fraction of sp³-hybridized carbons (Fsp3) is 0.400. The van der Waals surface area contributed by atoms with E-state index in [2.05, 4.69) is 44.0 Å². The van der Waals surface area contributed by atoms with E-state index in [0.29, 0.717) is 0 Å². The zero-order chi connectivity index (χ0) is 23.0. The Bertz CT molecular complexity index is 1040. The Morgan fingerprint density at radius 1 is 1.06 bits per heavy atom. The Morgan fingerprint density at radius 2 is 1.79 bits per heavy atom. The third-order valence-electron chi connectivity index (χ3n) is 5.75. The summed E-state index contributed by atoms with van der Waals surface area (Å²) in [6.07, 6.45) is 4.58. The van der Waals surface area contributed by atoms with E-state index in [0.717, 1.165) is 60.5 Å². The third kappa shape index (κ3) is 5.87. The van der Waals surface area contributed by atoms with E-state index in [1.807, 2.05) is 36.4 Å². The molecule has 0 aliphatic carbocycles. The number of carbonyl (C=O) groups is 1. The molecule has 1 aromatic heterocycles. The van der Waals surface area contributed by atoms with Crippen molar-refractivity contribution >= 4 is 29.0 Å². The molecular weight excluding hydrogens is 434 g/mol. The predicted molar refractivity (Wildman–Crippen MR) is 134 cm³/mol. The van der Waals surface area contributed by atoms with Gasteiger partial charge in [0.25, 0.3) is 0 Å². The minimum Gasteiger partial charge on any atom is -0.497 e. The lowest BCUT2D eigenvalue weighted by Gasteiger charge is -2.17. The van der Waals surface area contributed by atoms with Crippen LogP contribution in [0.2, 0.25) is 0 Å². The van der Waals surface area contributed by atoms with Gasteiger partial charge in [-0.2, -0.15) is 0 Å². The molecule has 0 bridgehead atoms. The number of rotatable bonds is 10. The molecule has 1 aliphatic rings. The van der Waals surface area contributed by atoms with Crippen molar-refractivity contribution in [2.45, 2.75) is 44.3 Å². The molecule has 8 heteroatoms. The van der Waals surface area contributed by atoms with E-state index < -0.39 is 0 Å². The van der Waals surface area contributed by atoms with Crippen LogP contribution in [0.15, 0.2) is 53.7 Å². The summed E-state index contributed by atoms with van der Waals surface area (Å²) in [7, 11) is 1.65. The van der Waals surface area contributed by atoms with Crippen LogP contribution in [0.25, 0.3) is 11.4 Å². The molecule has 0 spiro atoms. The lowest BCUT2D eigenvalue weighted by molar-refractivity contribution is -0.113. The highest BCUT2D eigenvalue weighted by molar-refractivity contribution is 7.99. The van der Waals surface area contributed by atoms with Crippen LogP contribution in [-0.4, -0.2) is 46.6 Å². The summed E-state index contributed by atoms with van der Waals surface area (Å²) in [6, 6.07) is 15.9. The van der Waals surface area contributed by atoms with Gasteiger partial charge in [-0.1, -0.05) is 25.1 Å². The summed E-state index contributed by atoms with van der Waals surface area (Å²) in [6.45, 7) is 5.19. The summed E-state index contributed by atoms with van der Waals surface area (Å²) < 4.78 is 7.36. The second kappa shape index (κ2) is 11.2. The van der Waals surface area contributed by atoms with Crippen molar-refractivity contribution in [3.63, 3.8) is 0 Å². The second-order valence-corrected chi connectivity index (χ2v) is 9.06. The van der Waals surface area contributed by atoms with Gasteiger partial charge in [-0.15, -0.1) is 10.2 Å². The van der Waals surface area contributed by atoms with Gasteiger partial charge in [0.2, 0.25) is 5.91 Å². The van der Waals surface area contributed by atoms with E-state index in [1.54, 1.807) is 7.11 Å². The minimum atomic E-state index is -0.0510. The number of unbranched alkanes of at least 4 members (excludes halogenated alkanes) is 1. The van der Waals surface area contributed by atoms with Gasteiger partial charge in [-0.3, -0.25) is 4.79 Å². The Morgan fingerprint density at radius 3 is 2.45 bits per heavy atom. The first-order valence-corrected chi connectivity index (χ1v) is 12.5.